The Morgan fingerprint density at radius 2 is 2.23 bits per heavy atom. The van der Waals surface area contributed by atoms with Crippen molar-refractivity contribution in [3.8, 4) is 0 Å². The first-order valence-electron chi connectivity index (χ1n) is 7.72. The predicted molar refractivity (Wildman–Crippen MR) is 85.3 cm³/mol. The lowest BCUT2D eigenvalue weighted by atomic mass is 10.1. The van der Waals surface area contributed by atoms with Crippen LogP contribution >= 0.6 is 0 Å². The molecule has 1 aliphatic rings. The highest BCUT2D eigenvalue weighted by Gasteiger charge is 2.19. The average molecular weight is 299 g/mol. The minimum absolute atomic E-state index is 0.00464. The van der Waals surface area contributed by atoms with Crippen LogP contribution in [0.4, 0.5) is 0 Å². The van der Waals surface area contributed by atoms with E-state index in [1.54, 1.807) is 6.20 Å². The zero-order valence-corrected chi connectivity index (χ0v) is 12.5. The number of nitrogens with one attached hydrogen (secondary N) is 1. The van der Waals surface area contributed by atoms with Crippen molar-refractivity contribution in [2.24, 2.45) is 0 Å². The van der Waals surface area contributed by atoms with E-state index in [4.69, 9.17) is 0 Å². The number of benzene rings is 1. The van der Waals surface area contributed by atoms with Crippen molar-refractivity contribution in [3.05, 3.63) is 42.1 Å². The highest BCUT2D eigenvalue weighted by atomic mass is 16.3. The van der Waals surface area contributed by atoms with Gasteiger partial charge in [-0.15, -0.1) is 0 Å². The highest BCUT2D eigenvalue weighted by molar-refractivity contribution is 5.83. The molecule has 5 heteroatoms. The molecule has 5 nitrogen and oxygen atoms in total. The summed E-state index contributed by atoms with van der Waals surface area (Å²) in [5, 5.41) is 13.7. The molecule has 3 rings (SSSR count). The number of nitrogens with zero attached hydrogens (tertiary/aromatic N) is 2. The summed E-state index contributed by atoms with van der Waals surface area (Å²) in [7, 11) is 0. The Hall–Kier alpha value is -1.98. The lowest BCUT2D eigenvalue weighted by molar-refractivity contribution is -0.123. The molecule has 2 heterocycles. The number of para-hydroxylation sites is 1. The van der Waals surface area contributed by atoms with E-state index in [-0.39, 0.29) is 12.0 Å². The Morgan fingerprint density at radius 1 is 1.36 bits per heavy atom. The molecule has 22 heavy (non-hydrogen) atoms. The Morgan fingerprint density at radius 3 is 3.09 bits per heavy atom. The molecule has 0 bridgehead atoms. The summed E-state index contributed by atoms with van der Waals surface area (Å²) < 4.78 is 0. The molecule has 1 fully saturated rings. The van der Waals surface area contributed by atoms with Crippen LogP contribution in [-0.4, -0.2) is 46.6 Å². The van der Waals surface area contributed by atoms with Crippen molar-refractivity contribution in [1.82, 2.24) is 15.2 Å². The Bertz CT molecular complexity index is 654. The third-order valence-corrected chi connectivity index (χ3v) is 4.06. The van der Waals surface area contributed by atoms with Gasteiger partial charge in [0.05, 0.1) is 18.2 Å². The Balaban J connectivity index is 1.58. The molecular weight excluding hydrogens is 278 g/mol. The fraction of sp³-hybridized carbons (Fsp3) is 0.412. The minimum atomic E-state index is -0.300. The summed E-state index contributed by atoms with van der Waals surface area (Å²) in [4.78, 5) is 18.4. The SMILES string of the molecule is O=C(CN1CCCC(O)C1)NCc1ccnc2ccccc12. The number of hydrogen-bond donors (Lipinski definition) is 2. The van der Waals surface area contributed by atoms with Crippen molar-refractivity contribution in [3.63, 3.8) is 0 Å². The van der Waals surface area contributed by atoms with Crippen molar-refractivity contribution < 1.29 is 9.90 Å². The van der Waals surface area contributed by atoms with Crippen LogP contribution in [0.1, 0.15) is 18.4 Å². The Kier molecular flexibility index (Phi) is 4.65. The molecule has 2 N–H and O–H groups in total. The van der Waals surface area contributed by atoms with Gasteiger partial charge in [0.2, 0.25) is 5.91 Å². The fourth-order valence-electron chi connectivity index (χ4n) is 2.94. The Labute approximate surface area is 130 Å². The third-order valence-electron chi connectivity index (χ3n) is 4.06. The second-order valence-electron chi connectivity index (χ2n) is 5.80. The molecule has 1 aromatic heterocycles. The number of fused-ring (bicyclic) bond motifs is 1. The quantitative estimate of drug-likeness (QED) is 0.893. The summed E-state index contributed by atoms with van der Waals surface area (Å²) in [6, 6.07) is 9.86. The van der Waals surface area contributed by atoms with Crippen LogP contribution in [0, 0.1) is 0 Å². The number of likely N-dealkylation sites (tertiary alicyclic amines) is 1. The summed E-state index contributed by atoms with van der Waals surface area (Å²) in [6.45, 7) is 2.31. The van der Waals surface area contributed by atoms with Gasteiger partial charge < -0.3 is 10.4 Å². The molecule has 1 saturated heterocycles. The lowest BCUT2D eigenvalue weighted by Gasteiger charge is -2.29. The first-order valence-corrected chi connectivity index (χ1v) is 7.72. The molecule has 1 amide bonds. The molecule has 0 saturated carbocycles. The van der Waals surface area contributed by atoms with E-state index in [0.29, 0.717) is 19.6 Å². The van der Waals surface area contributed by atoms with Gasteiger partial charge in [-0.25, -0.2) is 0 Å². The van der Waals surface area contributed by atoms with Crippen molar-refractivity contribution in [2.75, 3.05) is 19.6 Å². The molecule has 1 aromatic carbocycles. The highest BCUT2D eigenvalue weighted by Crippen LogP contribution is 2.15. The topological polar surface area (TPSA) is 65.5 Å². The van der Waals surface area contributed by atoms with E-state index in [0.717, 1.165) is 35.9 Å². The molecule has 2 aromatic rings. The van der Waals surface area contributed by atoms with Crippen LogP contribution in [0.5, 0.6) is 0 Å². The van der Waals surface area contributed by atoms with Gasteiger partial charge in [0, 0.05) is 24.7 Å². The maximum absolute atomic E-state index is 12.1. The molecule has 1 atom stereocenters. The number of aliphatic hydroxyl groups excluding tert-OH is 1. The van der Waals surface area contributed by atoms with Gasteiger partial charge in [-0.3, -0.25) is 14.7 Å². The smallest absolute Gasteiger partial charge is 0.234 e. The van der Waals surface area contributed by atoms with Gasteiger partial charge in [-0.05, 0) is 37.1 Å². The number of hydrogen-bond acceptors (Lipinski definition) is 4. The number of carbonyl (C=O) groups is 1. The van der Waals surface area contributed by atoms with Crippen LogP contribution < -0.4 is 5.32 Å². The number of amides is 1. The molecule has 0 radical (unpaired) electrons. The van der Waals surface area contributed by atoms with E-state index >= 15 is 0 Å². The number of pyridine rings is 1. The molecule has 1 unspecified atom stereocenters. The monoisotopic (exact) mass is 299 g/mol. The van der Waals surface area contributed by atoms with Crippen molar-refractivity contribution in [1.29, 1.82) is 0 Å². The van der Waals surface area contributed by atoms with E-state index in [1.807, 2.05) is 35.2 Å². The maximum atomic E-state index is 12.1. The number of carbonyl (C=O) groups excluding carboxylic acids is 1. The lowest BCUT2D eigenvalue weighted by Crippen LogP contribution is -2.44. The molecule has 116 valence electrons. The van der Waals surface area contributed by atoms with Crippen LogP contribution in [0.25, 0.3) is 10.9 Å². The number of rotatable bonds is 4. The van der Waals surface area contributed by atoms with Gasteiger partial charge in [-0.1, -0.05) is 18.2 Å². The number of aliphatic hydroxyl groups is 1. The van der Waals surface area contributed by atoms with E-state index < -0.39 is 0 Å². The van der Waals surface area contributed by atoms with Crippen LogP contribution in [-0.2, 0) is 11.3 Å². The minimum Gasteiger partial charge on any atom is -0.392 e. The number of piperidine rings is 1. The normalized spacial score (nSPS) is 19.2. The molecular formula is C17H21N3O2. The van der Waals surface area contributed by atoms with Gasteiger partial charge >= 0.3 is 0 Å². The van der Waals surface area contributed by atoms with Gasteiger partial charge in [0.25, 0.3) is 0 Å². The van der Waals surface area contributed by atoms with E-state index in [2.05, 4.69) is 10.3 Å². The summed E-state index contributed by atoms with van der Waals surface area (Å²) in [5.74, 6) is -0.00464. The largest absolute Gasteiger partial charge is 0.392 e. The van der Waals surface area contributed by atoms with Crippen LogP contribution in [0.15, 0.2) is 36.5 Å². The number of β-amino-alcohol motifs (C(OH)–C–C–N with tert-alkyl or cyclic N) is 1. The first-order chi connectivity index (χ1) is 10.7. The standard InChI is InChI=1S/C17H21N3O2/c21-14-4-3-9-20(11-14)12-17(22)19-10-13-7-8-18-16-6-2-1-5-15(13)16/h1-2,5-8,14,21H,3-4,9-12H2,(H,19,22). The van der Waals surface area contributed by atoms with Crippen molar-refractivity contribution >= 4 is 16.8 Å². The maximum Gasteiger partial charge on any atom is 0.234 e. The van der Waals surface area contributed by atoms with E-state index in [1.165, 1.54) is 0 Å². The van der Waals surface area contributed by atoms with Gasteiger partial charge in [-0.2, -0.15) is 0 Å². The van der Waals surface area contributed by atoms with Gasteiger partial charge in [0.15, 0.2) is 0 Å². The van der Waals surface area contributed by atoms with Crippen LogP contribution in [0.2, 0.25) is 0 Å². The summed E-state index contributed by atoms with van der Waals surface area (Å²) in [6.07, 6.45) is 3.25. The van der Waals surface area contributed by atoms with Crippen molar-refractivity contribution in [2.45, 2.75) is 25.5 Å². The zero-order valence-electron chi connectivity index (χ0n) is 12.5. The first kappa shape index (κ1) is 14.9. The number of aromatic nitrogens is 1. The van der Waals surface area contributed by atoms with Crippen LogP contribution in [0.3, 0.4) is 0 Å². The van der Waals surface area contributed by atoms with E-state index in [9.17, 15) is 9.90 Å². The predicted octanol–water partition coefficient (Wildman–Crippen LogP) is 1.31. The summed E-state index contributed by atoms with van der Waals surface area (Å²) in [5.41, 5.74) is 2.01. The fourth-order valence-corrected chi connectivity index (χ4v) is 2.94. The summed E-state index contributed by atoms with van der Waals surface area (Å²) >= 11 is 0. The zero-order chi connectivity index (χ0) is 15.4. The second-order valence-corrected chi connectivity index (χ2v) is 5.80. The molecule has 0 spiro atoms. The molecule has 1 aliphatic heterocycles. The second kappa shape index (κ2) is 6.85. The van der Waals surface area contributed by atoms with Gasteiger partial charge in [0.1, 0.15) is 0 Å². The average Bonchev–Trinajstić information content (AvgIpc) is 2.53. The molecule has 0 aliphatic carbocycles. The third kappa shape index (κ3) is 3.61.